The Balaban J connectivity index is 1.85. The summed E-state index contributed by atoms with van der Waals surface area (Å²) in [7, 11) is 0. The van der Waals surface area contributed by atoms with E-state index >= 15 is 0 Å². The Labute approximate surface area is 101 Å². The fraction of sp³-hybridized carbons (Fsp3) is 0.667. The quantitative estimate of drug-likeness (QED) is 0.838. The summed E-state index contributed by atoms with van der Waals surface area (Å²) < 4.78 is 4.91. The van der Waals surface area contributed by atoms with Gasteiger partial charge < -0.3 is 15.6 Å². The van der Waals surface area contributed by atoms with Crippen LogP contribution in [0, 0.1) is 18.8 Å². The van der Waals surface area contributed by atoms with Crippen LogP contribution in [-0.4, -0.2) is 17.6 Å². The SMILES string of the molecule is Cc1cc(NC(=O)C2CCC(CN)CC2)no1. The molecule has 0 radical (unpaired) electrons. The standard InChI is InChI=1S/C12H19N3O2/c1-8-6-11(15-17-8)14-12(16)10-4-2-9(7-13)3-5-10/h6,9-10H,2-5,7,13H2,1H3,(H,14,15,16). The van der Waals surface area contributed by atoms with Crippen LogP contribution < -0.4 is 11.1 Å². The first-order valence-corrected chi connectivity index (χ1v) is 6.13. The van der Waals surface area contributed by atoms with Crippen LogP contribution in [0.5, 0.6) is 0 Å². The molecule has 94 valence electrons. The van der Waals surface area contributed by atoms with Gasteiger partial charge in [-0.2, -0.15) is 0 Å². The molecule has 5 heteroatoms. The molecule has 0 aliphatic heterocycles. The second-order valence-electron chi connectivity index (χ2n) is 4.77. The number of amides is 1. The lowest BCUT2D eigenvalue weighted by Crippen LogP contribution is -2.29. The van der Waals surface area contributed by atoms with Crippen molar-refractivity contribution in [3.8, 4) is 0 Å². The molecule has 3 N–H and O–H groups in total. The molecule has 1 aliphatic carbocycles. The van der Waals surface area contributed by atoms with Gasteiger partial charge in [-0.15, -0.1) is 0 Å². The van der Waals surface area contributed by atoms with Crippen molar-refractivity contribution in [2.75, 3.05) is 11.9 Å². The molecule has 1 aromatic heterocycles. The van der Waals surface area contributed by atoms with Gasteiger partial charge in [0.15, 0.2) is 5.82 Å². The summed E-state index contributed by atoms with van der Waals surface area (Å²) in [6.07, 6.45) is 3.94. The van der Waals surface area contributed by atoms with Gasteiger partial charge in [-0.05, 0) is 45.1 Å². The number of anilines is 1. The van der Waals surface area contributed by atoms with E-state index in [0.717, 1.165) is 32.2 Å². The molecule has 1 aromatic rings. The molecule has 1 heterocycles. The molecule has 17 heavy (non-hydrogen) atoms. The zero-order chi connectivity index (χ0) is 12.3. The number of aryl methyl sites for hydroxylation is 1. The first kappa shape index (κ1) is 12.1. The van der Waals surface area contributed by atoms with Crippen molar-refractivity contribution in [1.29, 1.82) is 0 Å². The van der Waals surface area contributed by atoms with Gasteiger partial charge in [0.2, 0.25) is 5.91 Å². The minimum absolute atomic E-state index is 0.0498. The summed E-state index contributed by atoms with van der Waals surface area (Å²) in [5.74, 6) is 1.94. The summed E-state index contributed by atoms with van der Waals surface area (Å²) in [5, 5.41) is 6.55. The maximum absolute atomic E-state index is 11.9. The minimum atomic E-state index is 0.0498. The lowest BCUT2D eigenvalue weighted by Gasteiger charge is -2.26. The van der Waals surface area contributed by atoms with E-state index < -0.39 is 0 Å². The molecular formula is C12H19N3O2. The van der Waals surface area contributed by atoms with Gasteiger partial charge >= 0.3 is 0 Å². The van der Waals surface area contributed by atoms with E-state index in [9.17, 15) is 4.79 Å². The highest BCUT2D eigenvalue weighted by Crippen LogP contribution is 2.28. The largest absolute Gasteiger partial charge is 0.360 e. The molecule has 0 aromatic carbocycles. The molecule has 1 fully saturated rings. The molecule has 0 bridgehead atoms. The Morgan fingerprint density at radius 3 is 2.76 bits per heavy atom. The van der Waals surface area contributed by atoms with Gasteiger partial charge in [0.25, 0.3) is 0 Å². The van der Waals surface area contributed by atoms with Crippen LogP contribution in [0.15, 0.2) is 10.6 Å². The summed E-state index contributed by atoms with van der Waals surface area (Å²) >= 11 is 0. The Hall–Kier alpha value is -1.36. The molecule has 5 nitrogen and oxygen atoms in total. The fourth-order valence-corrected chi connectivity index (χ4v) is 2.31. The smallest absolute Gasteiger partial charge is 0.228 e. The second kappa shape index (κ2) is 5.31. The van der Waals surface area contributed by atoms with E-state index in [-0.39, 0.29) is 11.8 Å². The summed E-state index contributed by atoms with van der Waals surface area (Å²) in [6, 6.07) is 1.73. The van der Waals surface area contributed by atoms with E-state index in [2.05, 4.69) is 10.5 Å². The first-order valence-electron chi connectivity index (χ1n) is 6.13. The van der Waals surface area contributed by atoms with Crippen molar-refractivity contribution < 1.29 is 9.32 Å². The molecule has 1 aliphatic rings. The predicted octanol–water partition coefficient (Wildman–Crippen LogP) is 1.69. The van der Waals surface area contributed by atoms with E-state index in [1.807, 2.05) is 0 Å². The van der Waals surface area contributed by atoms with Crippen LogP contribution in [-0.2, 0) is 4.79 Å². The Morgan fingerprint density at radius 1 is 1.53 bits per heavy atom. The number of nitrogens with one attached hydrogen (secondary N) is 1. The lowest BCUT2D eigenvalue weighted by molar-refractivity contribution is -0.121. The number of hydrogen-bond donors (Lipinski definition) is 2. The number of carbonyl (C=O) groups excluding carboxylic acids is 1. The topological polar surface area (TPSA) is 81.2 Å². The molecule has 0 spiro atoms. The third-order valence-corrected chi connectivity index (χ3v) is 3.43. The molecule has 0 unspecified atom stereocenters. The summed E-state index contributed by atoms with van der Waals surface area (Å²) in [5.41, 5.74) is 5.63. The van der Waals surface area contributed by atoms with Crippen molar-refractivity contribution in [2.24, 2.45) is 17.6 Å². The lowest BCUT2D eigenvalue weighted by atomic mass is 9.81. The number of carbonyl (C=O) groups is 1. The maximum Gasteiger partial charge on any atom is 0.228 e. The molecule has 1 saturated carbocycles. The minimum Gasteiger partial charge on any atom is -0.360 e. The molecule has 2 rings (SSSR count). The average molecular weight is 237 g/mol. The van der Waals surface area contributed by atoms with E-state index in [4.69, 9.17) is 10.3 Å². The average Bonchev–Trinajstić information content (AvgIpc) is 2.75. The zero-order valence-electron chi connectivity index (χ0n) is 10.1. The van der Waals surface area contributed by atoms with Crippen molar-refractivity contribution >= 4 is 11.7 Å². The van der Waals surface area contributed by atoms with Crippen molar-refractivity contribution in [1.82, 2.24) is 5.16 Å². The van der Waals surface area contributed by atoms with Gasteiger partial charge in [0, 0.05) is 12.0 Å². The highest BCUT2D eigenvalue weighted by molar-refractivity contribution is 5.91. The third-order valence-electron chi connectivity index (χ3n) is 3.43. The Bertz CT molecular complexity index is 381. The van der Waals surface area contributed by atoms with Gasteiger partial charge in [0.1, 0.15) is 5.76 Å². The summed E-state index contributed by atoms with van der Waals surface area (Å²) in [4.78, 5) is 11.9. The number of aromatic nitrogens is 1. The molecular weight excluding hydrogens is 218 g/mol. The van der Waals surface area contributed by atoms with E-state index in [1.54, 1.807) is 13.0 Å². The number of nitrogens with zero attached hydrogens (tertiary/aromatic N) is 1. The van der Waals surface area contributed by atoms with Gasteiger partial charge in [-0.1, -0.05) is 5.16 Å². The van der Waals surface area contributed by atoms with Crippen molar-refractivity contribution in [3.63, 3.8) is 0 Å². The monoisotopic (exact) mass is 237 g/mol. The highest BCUT2D eigenvalue weighted by Gasteiger charge is 2.26. The number of rotatable bonds is 3. The maximum atomic E-state index is 11.9. The zero-order valence-corrected chi connectivity index (χ0v) is 10.1. The predicted molar refractivity (Wildman–Crippen MR) is 64.4 cm³/mol. The van der Waals surface area contributed by atoms with Crippen LogP contribution in [0.1, 0.15) is 31.4 Å². The van der Waals surface area contributed by atoms with Crippen LogP contribution in [0.25, 0.3) is 0 Å². The molecule has 1 amide bonds. The van der Waals surface area contributed by atoms with Gasteiger partial charge in [-0.25, -0.2) is 0 Å². The van der Waals surface area contributed by atoms with Crippen LogP contribution in [0.2, 0.25) is 0 Å². The second-order valence-corrected chi connectivity index (χ2v) is 4.77. The van der Waals surface area contributed by atoms with Crippen LogP contribution in [0.3, 0.4) is 0 Å². The fourth-order valence-electron chi connectivity index (χ4n) is 2.31. The molecule has 0 atom stereocenters. The normalized spacial score (nSPS) is 24.6. The van der Waals surface area contributed by atoms with Crippen molar-refractivity contribution in [3.05, 3.63) is 11.8 Å². The van der Waals surface area contributed by atoms with E-state index in [0.29, 0.717) is 17.5 Å². The first-order chi connectivity index (χ1) is 8.19. The highest BCUT2D eigenvalue weighted by atomic mass is 16.5. The van der Waals surface area contributed by atoms with Gasteiger partial charge in [0.05, 0.1) is 0 Å². The number of hydrogen-bond acceptors (Lipinski definition) is 4. The Morgan fingerprint density at radius 2 is 2.24 bits per heavy atom. The van der Waals surface area contributed by atoms with Gasteiger partial charge in [-0.3, -0.25) is 4.79 Å². The summed E-state index contributed by atoms with van der Waals surface area (Å²) in [6.45, 7) is 2.53. The Kier molecular flexibility index (Phi) is 3.78. The van der Waals surface area contributed by atoms with E-state index in [1.165, 1.54) is 0 Å². The van der Waals surface area contributed by atoms with Crippen LogP contribution >= 0.6 is 0 Å². The van der Waals surface area contributed by atoms with Crippen LogP contribution in [0.4, 0.5) is 5.82 Å². The van der Waals surface area contributed by atoms with Crippen molar-refractivity contribution in [2.45, 2.75) is 32.6 Å². The number of nitrogens with two attached hydrogens (primary N) is 1. The third kappa shape index (κ3) is 3.06. The molecule has 0 saturated heterocycles.